The van der Waals surface area contributed by atoms with Gasteiger partial charge in [-0.3, -0.25) is 4.79 Å². The van der Waals surface area contributed by atoms with Gasteiger partial charge in [0.2, 0.25) is 5.91 Å². The Morgan fingerprint density at radius 3 is 2.57 bits per heavy atom. The lowest BCUT2D eigenvalue weighted by molar-refractivity contribution is -0.129. The van der Waals surface area contributed by atoms with Gasteiger partial charge in [-0.15, -0.1) is 0 Å². The van der Waals surface area contributed by atoms with Crippen molar-refractivity contribution in [2.45, 2.75) is 17.7 Å². The van der Waals surface area contributed by atoms with E-state index in [9.17, 15) is 13.2 Å². The minimum absolute atomic E-state index is 0.0318. The summed E-state index contributed by atoms with van der Waals surface area (Å²) in [4.78, 5) is 13.1. The average Bonchev–Trinajstić information content (AvgIpc) is 2.44. The van der Waals surface area contributed by atoms with Crippen molar-refractivity contribution < 1.29 is 13.2 Å². The lowest BCUT2D eigenvalue weighted by atomic mass is 10.3. The van der Waals surface area contributed by atoms with Crippen LogP contribution in [-0.2, 0) is 14.6 Å². The molecule has 5 nitrogen and oxygen atoms in total. The van der Waals surface area contributed by atoms with E-state index < -0.39 is 9.84 Å². The Labute approximate surface area is 134 Å². The van der Waals surface area contributed by atoms with Gasteiger partial charge in [0.1, 0.15) is 0 Å². The zero-order chi connectivity index (χ0) is 16.0. The third kappa shape index (κ3) is 5.20. The van der Waals surface area contributed by atoms with Gasteiger partial charge in [0.05, 0.1) is 33.2 Å². The van der Waals surface area contributed by atoms with Crippen LogP contribution in [0.25, 0.3) is 0 Å². The first kappa shape index (κ1) is 17.8. The van der Waals surface area contributed by atoms with Crippen LogP contribution >= 0.6 is 23.2 Å². The highest BCUT2D eigenvalue weighted by molar-refractivity contribution is 7.91. The van der Waals surface area contributed by atoms with Gasteiger partial charge in [0.25, 0.3) is 0 Å². The summed E-state index contributed by atoms with van der Waals surface area (Å²) in [5.74, 6) is -0.644. The molecule has 0 bridgehead atoms. The van der Waals surface area contributed by atoms with Crippen LogP contribution in [0.15, 0.2) is 23.1 Å². The molecule has 0 spiro atoms. The number of halogens is 2. The van der Waals surface area contributed by atoms with E-state index in [4.69, 9.17) is 28.5 Å². The molecule has 0 aliphatic carbocycles. The highest BCUT2D eigenvalue weighted by atomic mass is 35.5. The molecule has 0 saturated heterocycles. The van der Waals surface area contributed by atoms with Crippen LogP contribution in [0.3, 0.4) is 0 Å². The van der Waals surface area contributed by atoms with Crippen LogP contribution in [0.2, 0.25) is 10.0 Å². The predicted molar refractivity (Wildman–Crippen MR) is 81.0 cm³/mol. The summed E-state index contributed by atoms with van der Waals surface area (Å²) in [6.45, 7) is 0.280. The Kier molecular flexibility index (Phi) is 6.46. The van der Waals surface area contributed by atoms with E-state index in [1.165, 1.54) is 30.1 Å². The molecule has 1 aromatic carbocycles. The van der Waals surface area contributed by atoms with Gasteiger partial charge in [0.15, 0.2) is 9.84 Å². The summed E-state index contributed by atoms with van der Waals surface area (Å²) in [6.07, 6.45) is 0.0618. The van der Waals surface area contributed by atoms with Gasteiger partial charge < -0.3 is 4.90 Å². The van der Waals surface area contributed by atoms with E-state index >= 15 is 0 Å². The standard InChI is InChI=1S/C13H14Cl2N2O3S/c1-17(7-2-6-16)13(18)5-8-21(19,20)10-3-4-11(14)12(15)9-10/h3-4,9H,2,5,7-8H2,1H3. The molecule has 114 valence electrons. The molecule has 1 rings (SSSR count). The lowest BCUT2D eigenvalue weighted by Crippen LogP contribution is -2.29. The zero-order valence-corrected chi connectivity index (χ0v) is 13.7. The van der Waals surface area contributed by atoms with E-state index in [-0.39, 0.29) is 46.0 Å². The van der Waals surface area contributed by atoms with E-state index in [0.717, 1.165) is 0 Å². The number of hydrogen-bond acceptors (Lipinski definition) is 4. The number of nitriles is 1. The first-order valence-electron chi connectivity index (χ1n) is 6.06. The highest BCUT2D eigenvalue weighted by Crippen LogP contribution is 2.25. The van der Waals surface area contributed by atoms with Gasteiger partial charge in [0, 0.05) is 20.0 Å². The molecule has 8 heteroatoms. The molecule has 0 atom stereocenters. The van der Waals surface area contributed by atoms with Crippen molar-refractivity contribution >= 4 is 38.9 Å². The normalized spacial score (nSPS) is 11.0. The molecule has 0 N–H and O–H groups in total. The Morgan fingerprint density at radius 1 is 1.33 bits per heavy atom. The van der Waals surface area contributed by atoms with E-state index in [1.54, 1.807) is 0 Å². The molecule has 0 saturated carbocycles. The summed E-state index contributed by atoms with van der Waals surface area (Å²) >= 11 is 11.5. The quantitative estimate of drug-likeness (QED) is 0.791. The van der Waals surface area contributed by atoms with E-state index in [0.29, 0.717) is 0 Å². The Bertz CT molecular complexity index is 668. The summed E-state index contributed by atoms with van der Waals surface area (Å²) in [5, 5.41) is 8.86. The first-order valence-corrected chi connectivity index (χ1v) is 8.47. The molecule has 0 fully saturated rings. The molecule has 21 heavy (non-hydrogen) atoms. The summed E-state index contributed by atoms with van der Waals surface area (Å²) in [6, 6.07) is 5.95. The van der Waals surface area contributed by atoms with E-state index in [2.05, 4.69) is 0 Å². The number of nitrogens with zero attached hydrogens (tertiary/aromatic N) is 2. The number of hydrogen-bond donors (Lipinski definition) is 0. The van der Waals surface area contributed by atoms with Crippen molar-refractivity contribution in [1.82, 2.24) is 4.90 Å². The third-order valence-electron chi connectivity index (χ3n) is 2.82. The van der Waals surface area contributed by atoms with Crippen molar-refractivity contribution in [2.75, 3.05) is 19.3 Å². The molecular weight excluding hydrogens is 335 g/mol. The maximum atomic E-state index is 12.1. The fourth-order valence-corrected chi connectivity index (χ4v) is 3.16. The van der Waals surface area contributed by atoms with Crippen LogP contribution in [0.4, 0.5) is 0 Å². The molecule has 0 aliphatic rings. The predicted octanol–water partition coefficient (Wildman–Crippen LogP) is 2.53. The second-order valence-electron chi connectivity index (χ2n) is 4.37. The van der Waals surface area contributed by atoms with Crippen molar-refractivity contribution in [1.29, 1.82) is 5.26 Å². The number of rotatable bonds is 6. The number of amides is 1. The van der Waals surface area contributed by atoms with Gasteiger partial charge in [-0.1, -0.05) is 23.2 Å². The largest absolute Gasteiger partial charge is 0.345 e. The number of benzene rings is 1. The summed E-state index contributed by atoms with van der Waals surface area (Å²) in [5.41, 5.74) is 0. The van der Waals surface area contributed by atoms with E-state index in [1.807, 2.05) is 6.07 Å². The summed E-state index contributed by atoms with van der Waals surface area (Å²) < 4.78 is 24.2. The fourth-order valence-electron chi connectivity index (χ4n) is 1.54. The van der Waals surface area contributed by atoms with Crippen molar-refractivity contribution in [2.24, 2.45) is 0 Å². The summed E-state index contributed by atoms with van der Waals surface area (Å²) in [7, 11) is -2.07. The van der Waals surface area contributed by atoms with Crippen LogP contribution in [0.5, 0.6) is 0 Å². The second-order valence-corrected chi connectivity index (χ2v) is 7.29. The first-order chi connectivity index (χ1) is 9.77. The van der Waals surface area contributed by atoms with Crippen LogP contribution in [0, 0.1) is 11.3 Å². The zero-order valence-electron chi connectivity index (χ0n) is 11.3. The highest BCUT2D eigenvalue weighted by Gasteiger charge is 2.19. The van der Waals surface area contributed by atoms with Crippen LogP contribution < -0.4 is 0 Å². The minimum Gasteiger partial charge on any atom is -0.345 e. The molecule has 1 amide bonds. The molecular formula is C13H14Cl2N2O3S. The Hall–Kier alpha value is -1.29. The SMILES string of the molecule is CN(CCC#N)C(=O)CCS(=O)(=O)c1ccc(Cl)c(Cl)c1. The average molecular weight is 349 g/mol. The van der Waals surface area contributed by atoms with Gasteiger partial charge in [-0.25, -0.2) is 8.42 Å². The second kappa shape index (κ2) is 7.64. The Balaban J connectivity index is 2.71. The molecule has 0 radical (unpaired) electrons. The minimum atomic E-state index is -3.60. The number of sulfone groups is 1. The molecule has 0 aliphatic heterocycles. The number of carbonyl (C=O) groups excluding carboxylic acids is 1. The van der Waals surface area contributed by atoms with Gasteiger partial charge in [-0.05, 0) is 18.2 Å². The lowest BCUT2D eigenvalue weighted by Gasteiger charge is -2.15. The monoisotopic (exact) mass is 348 g/mol. The molecule has 0 heterocycles. The smallest absolute Gasteiger partial charge is 0.223 e. The maximum Gasteiger partial charge on any atom is 0.223 e. The van der Waals surface area contributed by atoms with Crippen LogP contribution in [0.1, 0.15) is 12.8 Å². The molecule has 1 aromatic rings. The van der Waals surface area contributed by atoms with Crippen molar-refractivity contribution in [3.8, 4) is 6.07 Å². The van der Waals surface area contributed by atoms with Crippen molar-refractivity contribution in [3.63, 3.8) is 0 Å². The van der Waals surface area contributed by atoms with Gasteiger partial charge in [-0.2, -0.15) is 5.26 Å². The van der Waals surface area contributed by atoms with Crippen molar-refractivity contribution in [3.05, 3.63) is 28.2 Å². The molecule has 0 unspecified atom stereocenters. The Morgan fingerprint density at radius 2 is 2.00 bits per heavy atom. The number of carbonyl (C=O) groups is 1. The van der Waals surface area contributed by atoms with Gasteiger partial charge >= 0.3 is 0 Å². The molecule has 0 aromatic heterocycles. The topological polar surface area (TPSA) is 78.2 Å². The fraction of sp³-hybridized carbons (Fsp3) is 0.385. The van der Waals surface area contributed by atoms with Crippen LogP contribution in [-0.4, -0.2) is 38.6 Å². The maximum absolute atomic E-state index is 12.1. The third-order valence-corrected chi connectivity index (χ3v) is 5.27.